The first-order chi connectivity index (χ1) is 9.99. The highest BCUT2D eigenvalue weighted by atomic mass is 16.3. The van der Waals surface area contributed by atoms with Gasteiger partial charge in [-0.15, -0.1) is 0 Å². The molecule has 1 fully saturated rings. The van der Waals surface area contributed by atoms with Crippen molar-refractivity contribution in [3.05, 3.63) is 32.6 Å². The largest absolute Gasteiger partial charge is 0.396 e. The third kappa shape index (κ3) is 3.44. The Hall–Kier alpha value is -1.40. The molecule has 0 amide bonds. The topological polar surface area (TPSA) is 76.3 Å². The highest BCUT2D eigenvalue weighted by Gasteiger charge is 2.30. The van der Waals surface area contributed by atoms with E-state index in [1.165, 1.54) is 24.1 Å². The molecule has 2 N–H and O–H groups in total. The minimum Gasteiger partial charge on any atom is -0.396 e. The van der Waals surface area contributed by atoms with E-state index in [0.29, 0.717) is 18.8 Å². The van der Waals surface area contributed by atoms with Crippen LogP contribution in [0.1, 0.15) is 37.8 Å². The predicted octanol–water partition coefficient (Wildman–Crippen LogP) is 0.116. The van der Waals surface area contributed by atoms with E-state index >= 15 is 0 Å². The molecule has 2 rings (SSSR count). The summed E-state index contributed by atoms with van der Waals surface area (Å²) in [5, 5.41) is 13.0. The standard InChI is InChI=1S/C15H25N3O3/c1-17-12(8-13(20)18(2)14(17)21)9-16-10-15(11-19)6-4-3-5-7-15/h8,16,19H,3-7,9-11H2,1-2H3. The van der Waals surface area contributed by atoms with E-state index in [1.54, 1.807) is 7.05 Å². The molecule has 1 saturated carbocycles. The maximum Gasteiger partial charge on any atom is 0.330 e. The van der Waals surface area contributed by atoms with Crippen LogP contribution in [0.25, 0.3) is 0 Å². The fourth-order valence-corrected chi connectivity index (χ4v) is 3.10. The molecule has 1 heterocycles. The number of hydrogen-bond donors (Lipinski definition) is 2. The van der Waals surface area contributed by atoms with Gasteiger partial charge in [0.15, 0.2) is 0 Å². The predicted molar refractivity (Wildman–Crippen MR) is 81.2 cm³/mol. The highest BCUT2D eigenvalue weighted by molar-refractivity contribution is 5.02. The Balaban J connectivity index is 2.04. The Morgan fingerprint density at radius 3 is 2.48 bits per heavy atom. The van der Waals surface area contributed by atoms with Gasteiger partial charge in [0.05, 0.1) is 0 Å². The lowest BCUT2D eigenvalue weighted by Gasteiger charge is -2.35. The molecule has 0 aromatic carbocycles. The molecule has 0 radical (unpaired) electrons. The van der Waals surface area contributed by atoms with Crippen molar-refractivity contribution >= 4 is 0 Å². The first-order valence-corrected chi connectivity index (χ1v) is 7.57. The van der Waals surface area contributed by atoms with Crippen molar-refractivity contribution in [2.75, 3.05) is 13.2 Å². The molecule has 0 saturated heterocycles. The lowest BCUT2D eigenvalue weighted by atomic mass is 9.74. The fourth-order valence-electron chi connectivity index (χ4n) is 3.10. The van der Waals surface area contributed by atoms with Gasteiger partial charge >= 0.3 is 5.69 Å². The Labute approximate surface area is 124 Å². The molecule has 0 bridgehead atoms. The van der Waals surface area contributed by atoms with Crippen molar-refractivity contribution in [3.8, 4) is 0 Å². The Morgan fingerprint density at radius 1 is 1.19 bits per heavy atom. The van der Waals surface area contributed by atoms with Crippen molar-refractivity contribution in [2.45, 2.75) is 38.6 Å². The van der Waals surface area contributed by atoms with E-state index in [4.69, 9.17) is 0 Å². The summed E-state index contributed by atoms with van der Waals surface area (Å²) >= 11 is 0. The van der Waals surface area contributed by atoms with E-state index in [9.17, 15) is 14.7 Å². The molecule has 6 nitrogen and oxygen atoms in total. The minimum atomic E-state index is -0.311. The highest BCUT2D eigenvalue weighted by Crippen LogP contribution is 2.35. The van der Waals surface area contributed by atoms with Crippen LogP contribution in [0.4, 0.5) is 0 Å². The van der Waals surface area contributed by atoms with Crippen LogP contribution in [-0.2, 0) is 20.6 Å². The first-order valence-electron chi connectivity index (χ1n) is 7.57. The molecule has 118 valence electrons. The van der Waals surface area contributed by atoms with E-state index in [2.05, 4.69) is 5.32 Å². The van der Waals surface area contributed by atoms with Gasteiger partial charge < -0.3 is 10.4 Å². The Kier molecular flexibility index (Phi) is 5.00. The second kappa shape index (κ2) is 6.58. The average Bonchev–Trinajstić information content (AvgIpc) is 2.51. The van der Waals surface area contributed by atoms with Gasteiger partial charge in [-0.2, -0.15) is 0 Å². The molecular formula is C15H25N3O3. The smallest absolute Gasteiger partial charge is 0.330 e. The second-order valence-electron chi connectivity index (χ2n) is 6.20. The van der Waals surface area contributed by atoms with Crippen LogP contribution in [0.15, 0.2) is 15.7 Å². The molecule has 21 heavy (non-hydrogen) atoms. The first kappa shape index (κ1) is 16.0. The van der Waals surface area contributed by atoms with Crippen molar-refractivity contribution in [1.29, 1.82) is 0 Å². The van der Waals surface area contributed by atoms with Gasteiger partial charge in [0, 0.05) is 51.0 Å². The van der Waals surface area contributed by atoms with Gasteiger partial charge in [-0.1, -0.05) is 19.3 Å². The number of aliphatic hydroxyl groups is 1. The maximum atomic E-state index is 11.9. The summed E-state index contributed by atoms with van der Waals surface area (Å²) in [4.78, 5) is 23.5. The molecule has 1 aromatic rings. The number of aromatic nitrogens is 2. The summed E-state index contributed by atoms with van der Waals surface area (Å²) in [6.45, 7) is 1.37. The van der Waals surface area contributed by atoms with Crippen LogP contribution in [0.2, 0.25) is 0 Å². The van der Waals surface area contributed by atoms with E-state index < -0.39 is 0 Å². The zero-order valence-electron chi connectivity index (χ0n) is 12.9. The van der Waals surface area contributed by atoms with Crippen LogP contribution in [-0.4, -0.2) is 27.4 Å². The molecular weight excluding hydrogens is 270 g/mol. The molecule has 0 aliphatic heterocycles. The van der Waals surface area contributed by atoms with Gasteiger partial charge in [0.2, 0.25) is 0 Å². The molecule has 6 heteroatoms. The molecule has 1 aliphatic rings. The van der Waals surface area contributed by atoms with Gasteiger partial charge in [0.1, 0.15) is 0 Å². The lowest BCUT2D eigenvalue weighted by molar-refractivity contribution is 0.0809. The SMILES string of the molecule is Cn1c(CNCC2(CO)CCCCC2)cc(=O)n(C)c1=O. The zero-order chi connectivity index (χ0) is 15.5. The molecule has 1 aromatic heterocycles. The monoisotopic (exact) mass is 295 g/mol. The average molecular weight is 295 g/mol. The Bertz CT molecular complexity index is 597. The van der Waals surface area contributed by atoms with Gasteiger partial charge in [-0.05, 0) is 12.8 Å². The minimum absolute atomic E-state index is 0.0448. The van der Waals surface area contributed by atoms with Crippen molar-refractivity contribution in [1.82, 2.24) is 14.5 Å². The Morgan fingerprint density at radius 2 is 1.86 bits per heavy atom. The van der Waals surface area contributed by atoms with E-state index in [1.807, 2.05) is 0 Å². The molecule has 0 unspecified atom stereocenters. The fraction of sp³-hybridized carbons (Fsp3) is 0.733. The summed E-state index contributed by atoms with van der Waals surface area (Å²) in [6.07, 6.45) is 5.63. The number of hydrogen-bond acceptors (Lipinski definition) is 4. The number of rotatable bonds is 5. The molecule has 1 aliphatic carbocycles. The second-order valence-corrected chi connectivity index (χ2v) is 6.20. The van der Waals surface area contributed by atoms with Gasteiger partial charge in [-0.25, -0.2) is 4.79 Å². The van der Waals surface area contributed by atoms with Crippen LogP contribution < -0.4 is 16.6 Å². The van der Waals surface area contributed by atoms with E-state index in [0.717, 1.165) is 30.3 Å². The molecule has 0 spiro atoms. The summed E-state index contributed by atoms with van der Waals surface area (Å²) in [7, 11) is 3.14. The summed E-state index contributed by atoms with van der Waals surface area (Å²) < 4.78 is 2.58. The van der Waals surface area contributed by atoms with Gasteiger partial charge in [0.25, 0.3) is 5.56 Å². The van der Waals surface area contributed by atoms with Crippen molar-refractivity contribution in [2.24, 2.45) is 19.5 Å². The zero-order valence-corrected chi connectivity index (χ0v) is 12.9. The number of aliphatic hydroxyl groups excluding tert-OH is 1. The maximum absolute atomic E-state index is 11.9. The third-order valence-electron chi connectivity index (χ3n) is 4.68. The molecule has 0 atom stereocenters. The van der Waals surface area contributed by atoms with Crippen LogP contribution in [0.5, 0.6) is 0 Å². The van der Waals surface area contributed by atoms with E-state index in [-0.39, 0.29) is 23.3 Å². The normalized spacial score (nSPS) is 17.9. The summed E-state index contributed by atoms with van der Waals surface area (Å²) in [5.41, 5.74) is 0.0295. The van der Waals surface area contributed by atoms with Crippen LogP contribution in [0.3, 0.4) is 0 Å². The quantitative estimate of drug-likeness (QED) is 0.809. The third-order valence-corrected chi connectivity index (χ3v) is 4.68. The van der Waals surface area contributed by atoms with Gasteiger partial charge in [-0.3, -0.25) is 13.9 Å². The number of nitrogens with zero attached hydrogens (tertiary/aromatic N) is 2. The van der Waals surface area contributed by atoms with Crippen molar-refractivity contribution < 1.29 is 5.11 Å². The van der Waals surface area contributed by atoms with Crippen molar-refractivity contribution in [3.63, 3.8) is 0 Å². The summed E-state index contributed by atoms with van der Waals surface area (Å²) in [5.74, 6) is 0. The van der Waals surface area contributed by atoms with Crippen LogP contribution >= 0.6 is 0 Å². The number of nitrogens with one attached hydrogen (secondary N) is 1. The van der Waals surface area contributed by atoms with Crippen LogP contribution in [0, 0.1) is 5.41 Å². The summed E-state index contributed by atoms with van der Waals surface area (Å²) in [6, 6.07) is 1.49. The lowest BCUT2D eigenvalue weighted by Crippen LogP contribution is -2.41.